The number of fused-ring (bicyclic) bond motifs is 7. The molecule has 1 unspecified atom stereocenters. The predicted molar refractivity (Wildman–Crippen MR) is 215 cm³/mol. The van der Waals surface area contributed by atoms with Gasteiger partial charge >= 0.3 is 0 Å². The molecule has 0 spiro atoms. The van der Waals surface area contributed by atoms with E-state index in [1.165, 1.54) is 63.4 Å². The second-order valence-electron chi connectivity index (χ2n) is 21.8. The molecule has 1 saturated heterocycles. The molecular formula is C43H78N2O4SSi. The lowest BCUT2D eigenvalue weighted by molar-refractivity contribution is -0.243. The van der Waals surface area contributed by atoms with Crippen LogP contribution in [0.15, 0.2) is 12.2 Å². The number of hydrogen-bond donors (Lipinski definition) is 2. The molecule has 0 bridgehead atoms. The molecule has 0 aromatic heterocycles. The number of hydrogen-bond acceptors (Lipinski definition) is 6. The van der Waals surface area contributed by atoms with Crippen molar-refractivity contribution in [3.63, 3.8) is 0 Å². The summed E-state index contributed by atoms with van der Waals surface area (Å²) in [7, 11) is -4.88. The Labute approximate surface area is 315 Å². The fourth-order valence-corrected chi connectivity index (χ4v) is 16.2. The van der Waals surface area contributed by atoms with E-state index in [4.69, 9.17) is 4.43 Å². The molecule has 294 valence electrons. The Morgan fingerprint density at radius 3 is 2.22 bits per heavy atom. The van der Waals surface area contributed by atoms with Crippen LogP contribution in [0.4, 0.5) is 0 Å². The normalized spacial score (nSPS) is 44.5. The molecule has 0 aromatic carbocycles. The molecule has 0 aromatic rings. The quantitative estimate of drug-likeness (QED) is 0.181. The van der Waals surface area contributed by atoms with E-state index in [1.807, 2.05) is 0 Å². The van der Waals surface area contributed by atoms with E-state index in [1.54, 1.807) is 0 Å². The number of allylic oxidation sites excluding steroid dienone is 1. The minimum absolute atomic E-state index is 0.00966. The fraction of sp³-hybridized carbons (Fsp3) is 0.953. The zero-order chi connectivity index (χ0) is 37.6. The van der Waals surface area contributed by atoms with Gasteiger partial charge in [0.15, 0.2) is 18.2 Å². The molecule has 1 aliphatic heterocycles. The molecule has 1 heterocycles. The van der Waals surface area contributed by atoms with E-state index in [0.717, 1.165) is 25.3 Å². The Morgan fingerprint density at radius 2 is 1.59 bits per heavy atom. The molecule has 6 fully saturated rings. The molecule has 0 amide bonds. The summed E-state index contributed by atoms with van der Waals surface area (Å²) in [5.41, 5.74) is 2.44. The first kappa shape index (κ1) is 40.4. The zero-order valence-electron chi connectivity index (χ0n) is 34.8. The van der Waals surface area contributed by atoms with Crippen molar-refractivity contribution < 1.29 is 18.0 Å². The van der Waals surface area contributed by atoms with Crippen molar-refractivity contribution in [2.45, 2.75) is 169 Å². The van der Waals surface area contributed by atoms with Crippen LogP contribution in [0.25, 0.3) is 0 Å². The smallest absolute Gasteiger partial charge is 0.192 e. The Kier molecular flexibility index (Phi) is 10.7. The molecule has 51 heavy (non-hydrogen) atoms. The van der Waals surface area contributed by atoms with E-state index in [-0.39, 0.29) is 39.6 Å². The van der Waals surface area contributed by atoms with Gasteiger partial charge in [-0.05, 0) is 153 Å². The van der Waals surface area contributed by atoms with E-state index < -0.39 is 18.2 Å². The second kappa shape index (κ2) is 13.5. The van der Waals surface area contributed by atoms with Crippen LogP contribution in [0.2, 0.25) is 18.1 Å². The van der Waals surface area contributed by atoms with Crippen molar-refractivity contribution >= 4 is 18.2 Å². The van der Waals surface area contributed by atoms with Crippen LogP contribution in [0, 0.1) is 51.2 Å². The third-order valence-electron chi connectivity index (χ3n) is 18.3. The molecule has 6 nitrogen and oxygen atoms in total. The average Bonchev–Trinajstić information content (AvgIpc) is 3.41. The van der Waals surface area contributed by atoms with Crippen LogP contribution in [-0.4, -0.2) is 82.2 Å². The van der Waals surface area contributed by atoms with E-state index >= 15 is 0 Å². The minimum Gasteiger partial charge on any atom is -0.415 e. The molecule has 0 radical (unpaired) electrons. The summed E-state index contributed by atoms with van der Waals surface area (Å²) in [4.78, 5) is 2.43. The van der Waals surface area contributed by atoms with Crippen LogP contribution in [0.5, 0.6) is 0 Å². The Balaban J connectivity index is 1.23. The van der Waals surface area contributed by atoms with Gasteiger partial charge in [-0.25, -0.2) is 8.42 Å². The highest BCUT2D eigenvalue weighted by molar-refractivity contribution is 7.91. The average molecular weight is 747 g/mol. The van der Waals surface area contributed by atoms with E-state index in [0.29, 0.717) is 59.6 Å². The number of aliphatic hydroxyl groups is 1. The number of nitrogens with one attached hydrogen (secondary N) is 1. The lowest BCUT2D eigenvalue weighted by atomic mass is 9.32. The fourth-order valence-electron chi connectivity index (χ4n) is 13.9. The van der Waals surface area contributed by atoms with Gasteiger partial charge in [-0.3, -0.25) is 4.90 Å². The van der Waals surface area contributed by atoms with Gasteiger partial charge in [-0.2, -0.15) is 0 Å². The van der Waals surface area contributed by atoms with E-state index in [9.17, 15) is 13.5 Å². The molecule has 2 N–H and O–H groups in total. The maximum atomic E-state index is 12.4. The lowest BCUT2D eigenvalue weighted by Gasteiger charge is -2.73. The van der Waals surface area contributed by atoms with Crippen LogP contribution in [0.3, 0.4) is 0 Å². The van der Waals surface area contributed by atoms with Crippen molar-refractivity contribution in [3.8, 4) is 0 Å². The van der Waals surface area contributed by atoms with E-state index in [2.05, 4.69) is 92.2 Å². The summed E-state index contributed by atoms with van der Waals surface area (Å²) in [6, 6.07) is 0.229. The molecular weight excluding hydrogens is 669 g/mol. The van der Waals surface area contributed by atoms with Gasteiger partial charge in [0.1, 0.15) is 0 Å². The third kappa shape index (κ3) is 6.63. The van der Waals surface area contributed by atoms with Gasteiger partial charge in [-0.1, -0.05) is 67.5 Å². The highest BCUT2D eigenvalue weighted by atomic mass is 32.2. The van der Waals surface area contributed by atoms with Gasteiger partial charge in [0.2, 0.25) is 0 Å². The number of nitrogens with zero attached hydrogens (tertiary/aromatic N) is 1. The van der Waals surface area contributed by atoms with Gasteiger partial charge in [0, 0.05) is 31.3 Å². The van der Waals surface area contributed by atoms with Crippen molar-refractivity contribution in [3.05, 3.63) is 12.2 Å². The largest absolute Gasteiger partial charge is 0.415 e. The van der Waals surface area contributed by atoms with Crippen LogP contribution >= 0.6 is 0 Å². The van der Waals surface area contributed by atoms with Crippen molar-refractivity contribution in [2.75, 3.05) is 37.7 Å². The zero-order valence-corrected chi connectivity index (χ0v) is 36.6. The summed E-state index contributed by atoms with van der Waals surface area (Å²) in [5, 5.41) is 15.6. The molecule has 6 rings (SSSR count). The highest BCUT2D eigenvalue weighted by Crippen LogP contribution is 2.76. The molecule has 8 heteroatoms. The molecule has 11 atom stereocenters. The maximum absolute atomic E-state index is 12.4. The Hall–Kier alpha value is -0.253. The molecule has 5 saturated carbocycles. The monoisotopic (exact) mass is 747 g/mol. The van der Waals surface area contributed by atoms with Gasteiger partial charge in [-0.15, -0.1) is 0 Å². The van der Waals surface area contributed by atoms with Gasteiger partial charge in [0.25, 0.3) is 0 Å². The van der Waals surface area contributed by atoms with Crippen LogP contribution in [0.1, 0.15) is 133 Å². The van der Waals surface area contributed by atoms with Crippen molar-refractivity contribution in [1.29, 1.82) is 0 Å². The highest BCUT2D eigenvalue weighted by Gasteiger charge is 2.70. The van der Waals surface area contributed by atoms with Crippen molar-refractivity contribution in [2.24, 2.45) is 51.2 Å². The predicted octanol–water partition coefficient (Wildman–Crippen LogP) is 8.86. The third-order valence-corrected chi connectivity index (χ3v) is 24.4. The number of sulfone groups is 1. The SMILES string of the molecule is C=C(C)[C@@H]1CC[C@]2(NCCC(CO[Si](C)(C)C(C)(C)C)N3CCS(=O)(=O)CC3)CC[C@]3(C)[C@H](CC[C@@H]4[C@@]5(C)CC[C@H](O)C(C)(C)[C@@H]5CC[C@]43C)[C@@H]12. The first-order valence-electron chi connectivity index (χ1n) is 21.1. The summed E-state index contributed by atoms with van der Waals surface area (Å²) >= 11 is 0. The maximum Gasteiger partial charge on any atom is 0.192 e. The first-order valence-corrected chi connectivity index (χ1v) is 25.8. The first-order chi connectivity index (χ1) is 23.4. The lowest BCUT2D eigenvalue weighted by Crippen LogP contribution is -2.68. The van der Waals surface area contributed by atoms with Gasteiger partial charge < -0.3 is 14.8 Å². The summed E-state index contributed by atoms with van der Waals surface area (Å²) in [6.07, 6.45) is 13.2. The van der Waals surface area contributed by atoms with Gasteiger partial charge in [0.05, 0.1) is 17.6 Å². The molecule has 5 aliphatic carbocycles. The molecule has 6 aliphatic rings. The van der Waals surface area contributed by atoms with Crippen molar-refractivity contribution in [1.82, 2.24) is 10.2 Å². The Bertz CT molecular complexity index is 1410. The Morgan fingerprint density at radius 1 is 0.922 bits per heavy atom. The van der Waals surface area contributed by atoms with Crippen LogP contribution in [-0.2, 0) is 14.3 Å². The van der Waals surface area contributed by atoms with Crippen LogP contribution < -0.4 is 5.32 Å². The minimum atomic E-state index is -2.94. The topological polar surface area (TPSA) is 78.9 Å². The summed E-state index contributed by atoms with van der Waals surface area (Å²) in [5.74, 6) is 3.72. The summed E-state index contributed by atoms with van der Waals surface area (Å²) in [6.45, 7) is 34.2. The summed E-state index contributed by atoms with van der Waals surface area (Å²) < 4.78 is 31.6. The number of rotatable bonds is 9. The second-order valence-corrected chi connectivity index (χ2v) is 29.0. The number of aliphatic hydroxyl groups excluding tert-OH is 1. The standard InChI is InChI=1S/C43H78N2O4SSi/c1-30(2)32-15-21-43(44-24-18-31(29-49-51(11,12)38(3,4)5)45-25-27-50(47,48)28-26-45)23-22-41(9)33(37(32)43)13-14-35-40(8)19-17-36(46)39(6,7)34(40)16-20-42(35,41)10/h31-37,44,46H,1,13-29H2,2-12H3/t31?,32-,33+,34-,35+,36-,37+,40-,41+,42+,43-/m0/s1.